The number of hydrogen-bond donors (Lipinski definition) is 2. The maximum atomic E-state index is 8.96. The molecular weight excluding hydrogens is 196 g/mol. The lowest BCUT2D eigenvalue weighted by atomic mass is 10.1. The van der Waals surface area contributed by atoms with Crippen LogP contribution in [0.1, 0.15) is 45.4 Å². The Hall–Kier alpha value is -0.160. The Morgan fingerprint density at radius 2 is 1.67 bits per heavy atom. The van der Waals surface area contributed by atoms with Gasteiger partial charge in [-0.15, -0.1) is 0 Å². The van der Waals surface area contributed by atoms with Crippen LogP contribution in [0.25, 0.3) is 0 Å². The zero-order chi connectivity index (χ0) is 10.6. The van der Waals surface area contributed by atoms with E-state index in [1.807, 2.05) is 0 Å². The van der Waals surface area contributed by atoms with Crippen molar-refractivity contribution in [2.75, 3.05) is 19.8 Å². The smallest absolute Gasteiger partial charge is 0.100 e. The minimum Gasteiger partial charge on any atom is -0.412 e. The molecule has 4 heteroatoms. The molecule has 4 nitrogen and oxygen atoms in total. The first-order valence-electron chi connectivity index (χ1n) is 5.68. The molecule has 0 aromatic heterocycles. The molecule has 0 saturated carbocycles. The van der Waals surface area contributed by atoms with Crippen molar-refractivity contribution in [3.63, 3.8) is 0 Å². The van der Waals surface area contributed by atoms with Gasteiger partial charge in [0, 0.05) is 6.61 Å². The molecule has 0 amide bonds. The Balaban J connectivity index is 0. The molecule has 0 aliphatic heterocycles. The molecular formula is C11H26O4. The third-order valence-corrected chi connectivity index (χ3v) is 2.16. The maximum absolute atomic E-state index is 8.96. The summed E-state index contributed by atoms with van der Waals surface area (Å²) in [6.45, 7) is 2.95. The lowest BCUT2D eigenvalue weighted by Gasteiger charge is -2.07. The average Bonchev–Trinajstić information content (AvgIpc) is 2.21. The Bertz CT molecular complexity index is 109. The summed E-state index contributed by atoms with van der Waals surface area (Å²) in [5.74, 6) is 0. The van der Waals surface area contributed by atoms with Crippen molar-refractivity contribution in [3.05, 3.63) is 0 Å². The molecule has 0 aliphatic rings. The van der Waals surface area contributed by atoms with Crippen LogP contribution < -0.4 is 0 Å². The number of unbranched alkanes of at least 4 members (excludes halogenated alkanes) is 5. The number of aliphatic hydroxyl groups excluding tert-OH is 2. The fourth-order valence-electron chi connectivity index (χ4n) is 1.26. The molecule has 4 N–H and O–H groups in total. The van der Waals surface area contributed by atoms with Crippen molar-refractivity contribution in [2.24, 2.45) is 0 Å². The lowest BCUT2D eigenvalue weighted by molar-refractivity contribution is 0.00526. The highest BCUT2D eigenvalue weighted by Crippen LogP contribution is 2.04. The summed E-state index contributed by atoms with van der Waals surface area (Å²) >= 11 is 0. The highest BCUT2D eigenvalue weighted by molar-refractivity contribution is 4.49. The number of ether oxygens (including phenoxy) is 1. The van der Waals surface area contributed by atoms with E-state index < -0.39 is 6.10 Å². The second-order valence-corrected chi connectivity index (χ2v) is 3.68. The van der Waals surface area contributed by atoms with Gasteiger partial charge in [0.15, 0.2) is 0 Å². The third kappa shape index (κ3) is 13.8. The van der Waals surface area contributed by atoms with Crippen molar-refractivity contribution in [1.82, 2.24) is 0 Å². The van der Waals surface area contributed by atoms with E-state index in [2.05, 4.69) is 6.92 Å². The Morgan fingerprint density at radius 1 is 1.07 bits per heavy atom. The Morgan fingerprint density at radius 3 is 2.27 bits per heavy atom. The Kier molecular flexibility index (Phi) is 15.9. The molecule has 0 radical (unpaired) electrons. The van der Waals surface area contributed by atoms with Gasteiger partial charge in [-0.2, -0.15) is 0 Å². The van der Waals surface area contributed by atoms with Crippen molar-refractivity contribution in [3.8, 4) is 0 Å². The molecule has 1 unspecified atom stereocenters. The summed E-state index contributed by atoms with van der Waals surface area (Å²) in [5.41, 5.74) is 0. The Labute approximate surface area is 92.6 Å². The second-order valence-electron chi connectivity index (χ2n) is 3.68. The van der Waals surface area contributed by atoms with Crippen LogP contribution in [0, 0.1) is 0 Å². The normalized spacial score (nSPS) is 12.2. The molecule has 94 valence electrons. The minimum absolute atomic E-state index is 0. The summed E-state index contributed by atoms with van der Waals surface area (Å²) in [6, 6.07) is 0. The summed E-state index contributed by atoms with van der Waals surface area (Å²) in [6.07, 6.45) is 6.74. The van der Waals surface area contributed by atoms with Crippen molar-refractivity contribution in [2.45, 2.75) is 51.6 Å². The fourth-order valence-corrected chi connectivity index (χ4v) is 1.26. The average molecular weight is 222 g/mol. The monoisotopic (exact) mass is 222 g/mol. The summed E-state index contributed by atoms with van der Waals surface area (Å²) in [7, 11) is 0. The van der Waals surface area contributed by atoms with E-state index >= 15 is 0 Å². The van der Waals surface area contributed by atoms with Crippen molar-refractivity contribution < 1.29 is 20.4 Å². The molecule has 0 rings (SSSR count). The van der Waals surface area contributed by atoms with Gasteiger partial charge < -0.3 is 20.4 Å². The molecule has 15 heavy (non-hydrogen) atoms. The van der Waals surface area contributed by atoms with Crippen LogP contribution in [0.3, 0.4) is 0 Å². The molecule has 0 aromatic rings. The fraction of sp³-hybridized carbons (Fsp3) is 1.00. The first-order valence-corrected chi connectivity index (χ1v) is 5.68. The first kappa shape index (κ1) is 17.2. The van der Waals surface area contributed by atoms with Gasteiger partial charge in [-0.05, 0) is 6.42 Å². The van der Waals surface area contributed by atoms with Gasteiger partial charge in [0.05, 0.1) is 13.2 Å². The van der Waals surface area contributed by atoms with Crippen LogP contribution in [0.4, 0.5) is 0 Å². The van der Waals surface area contributed by atoms with Gasteiger partial charge in [0.2, 0.25) is 0 Å². The van der Waals surface area contributed by atoms with Crippen molar-refractivity contribution in [1.29, 1.82) is 0 Å². The van der Waals surface area contributed by atoms with E-state index in [1.165, 1.54) is 32.1 Å². The predicted molar refractivity (Wildman–Crippen MR) is 60.9 cm³/mol. The van der Waals surface area contributed by atoms with Gasteiger partial charge in [0.1, 0.15) is 6.10 Å². The summed E-state index contributed by atoms with van der Waals surface area (Å²) < 4.78 is 5.18. The van der Waals surface area contributed by atoms with E-state index in [9.17, 15) is 0 Å². The number of aliphatic hydroxyl groups is 2. The molecule has 0 saturated heterocycles. The van der Waals surface area contributed by atoms with Gasteiger partial charge in [-0.25, -0.2) is 0 Å². The van der Waals surface area contributed by atoms with Crippen LogP contribution in [0.15, 0.2) is 0 Å². The zero-order valence-electron chi connectivity index (χ0n) is 9.74. The van der Waals surface area contributed by atoms with E-state index in [-0.39, 0.29) is 18.7 Å². The number of rotatable bonds is 10. The first-order chi connectivity index (χ1) is 6.81. The van der Waals surface area contributed by atoms with Gasteiger partial charge >= 0.3 is 0 Å². The number of hydrogen-bond acceptors (Lipinski definition) is 3. The molecule has 0 heterocycles. The van der Waals surface area contributed by atoms with Crippen LogP contribution in [-0.4, -0.2) is 41.6 Å². The summed E-state index contributed by atoms with van der Waals surface area (Å²) in [5, 5.41) is 17.5. The molecule has 0 bridgehead atoms. The van der Waals surface area contributed by atoms with Crippen LogP contribution in [-0.2, 0) is 4.74 Å². The topological polar surface area (TPSA) is 81.2 Å². The van der Waals surface area contributed by atoms with Crippen LogP contribution in [0.2, 0.25) is 0 Å². The zero-order valence-corrected chi connectivity index (χ0v) is 9.74. The van der Waals surface area contributed by atoms with Crippen molar-refractivity contribution >= 4 is 0 Å². The lowest BCUT2D eigenvalue weighted by Crippen LogP contribution is -2.19. The molecule has 0 fully saturated rings. The summed E-state index contributed by atoms with van der Waals surface area (Å²) in [4.78, 5) is 0. The molecule has 0 spiro atoms. The van der Waals surface area contributed by atoms with E-state index in [0.717, 1.165) is 6.42 Å². The maximum Gasteiger partial charge on any atom is 0.100 e. The quantitative estimate of drug-likeness (QED) is 0.539. The highest BCUT2D eigenvalue weighted by atomic mass is 16.5. The molecule has 1 atom stereocenters. The van der Waals surface area contributed by atoms with Crippen LogP contribution in [0.5, 0.6) is 0 Å². The minimum atomic E-state index is -0.713. The highest BCUT2D eigenvalue weighted by Gasteiger charge is 2.00. The van der Waals surface area contributed by atoms with E-state index in [0.29, 0.717) is 6.61 Å². The second kappa shape index (κ2) is 13.8. The molecule has 0 aliphatic carbocycles. The SMILES string of the molecule is CCCCCCCCOCC(O)CO.O. The standard InChI is InChI=1S/C11H24O3.H2O/c1-2-3-4-5-6-7-8-14-10-11(13)9-12;/h11-13H,2-10H2,1H3;1H2. The van der Waals surface area contributed by atoms with E-state index in [1.54, 1.807) is 0 Å². The third-order valence-electron chi connectivity index (χ3n) is 2.16. The molecule has 0 aromatic carbocycles. The van der Waals surface area contributed by atoms with Crippen LogP contribution >= 0.6 is 0 Å². The van der Waals surface area contributed by atoms with E-state index in [4.69, 9.17) is 14.9 Å². The van der Waals surface area contributed by atoms with Gasteiger partial charge in [0.25, 0.3) is 0 Å². The van der Waals surface area contributed by atoms with Gasteiger partial charge in [-0.3, -0.25) is 0 Å². The largest absolute Gasteiger partial charge is 0.412 e. The van der Waals surface area contributed by atoms with Gasteiger partial charge in [-0.1, -0.05) is 39.0 Å². The predicted octanol–water partition coefficient (Wildman–Crippen LogP) is 0.892.